The standard InChI is InChI=1S/C38H43NO5/c1-3-21-43-35-24-27(23-34(42-4-2)36(35)31-13-9-29(10-14-31)28-7-8-28)26-39-19-17-38(18-20-39)25-33(6-5-22-44-38)30-11-15-32(16-12-30)37(40)41/h3,6,9,11-13,15-16,23-24,28H,1-2,4-5,7-8,10,14,17-22,25-26H2/p+1. The maximum atomic E-state index is 11.3. The van der Waals surface area contributed by atoms with Gasteiger partial charge in [0.15, 0.2) is 0 Å². The highest BCUT2D eigenvalue weighted by atomic mass is 16.5. The van der Waals surface area contributed by atoms with Crippen LogP contribution in [0.5, 0.6) is 11.5 Å². The molecule has 230 valence electrons. The van der Waals surface area contributed by atoms with E-state index in [1.54, 1.807) is 23.8 Å². The van der Waals surface area contributed by atoms with Gasteiger partial charge < -0.3 is 19.3 Å². The second-order valence-electron chi connectivity index (χ2n) is 12.5. The molecule has 2 heterocycles. The Morgan fingerprint density at radius 2 is 1.82 bits per heavy atom. The highest BCUT2D eigenvalue weighted by Gasteiger charge is 2.37. The van der Waals surface area contributed by atoms with Crippen LogP contribution in [0.4, 0.5) is 0 Å². The lowest BCUT2D eigenvalue weighted by molar-refractivity contribution is -0.0776. The first-order valence-corrected chi connectivity index (χ1v) is 16.1. The van der Waals surface area contributed by atoms with Crippen molar-refractivity contribution in [1.82, 2.24) is 4.90 Å². The van der Waals surface area contributed by atoms with Gasteiger partial charge in [-0.2, -0.15) is 0 Å². The maximum absolute atomic E-state index is 11.3. The second kappa shape index (κ2) is 13.5. The number of hydrogen-bond acceptors (Lipinski definition) is 5. The van der Waals surface area contributed by atoms with Crippen LogP contribution in [0, 0.1) is 12.8 Å². The summed E-state index contributed by atoms with van der Waals surface area (Å²) in [5.41, 5.74) is 7.50. The van der Waals surface area contributed by atoms with E-state index < -0.39 is 5.97 Å². The minimum atomic E-state index is -0.900. The molecular weight excluding hydrogens is 550 g/mol. The zero-order valence-electron chi connectivity index (χ0n) is 25.7. The highest BCUT2D eigenvalue weighted by Crippen LogP contribution is 2.46. The minimum absolute atomic E-state index is 0.200. The van der Waals surface area contributed by atoms with Crippen LogP contribution in [0.1, 0.15) is 78.4 Å². The quantitative estimate of drug-likeness (QED) is 0.211. The third kappa shape index (κ3) is 6.98. The predicted octanol–water partition coefficient (Wildman–Crippen LogP) is 7.90. The molecule has 4 aliphatic rings. The normalized spacial score (nSPS) is 20.2. The summed E-state index contributed by atoms with van der Waals surface area (Å²) < 4.78 is 18.9. The van der Waals surface area contributed by atoms with Crippen LogP contribution in [-0.4, -0.2) is 54.5 Å². The van der Waals surface area contributed by atoms with Gasteiger partial charge in [0.2, 0.25) is 6.61 Å². The SMILES string of the molecule is C=CCOc1cc(CN2CCC3(CC2)CC(c2ccc(C(=O)O)cc2)=CCCO3)cc(OC[CH2+])c1C1=CC=C(C2CC2)CC1. The number of benzene rings is 2. The number of allylic oxidation sites excluding steroid dienone is 4. The Labute approximate surface area is 261 Å². The topological polar surface area (TPSA) is 68.2 Å². The molecule has 6 rings (SSSR count). The number of aromatic carboxylic acids is 1. The Morgan fingerprint density at radius 1 is 1.07 bits per heavy atom. The predicted molar refractivity (Wildman–Crippen MR) is 175 cm³/mol. The summed E-state index contributed by atoms with van der Waals surface area (Å²) in [6.45, 7) is 12.0. The summed E-state index contributed by atoms with van der Waals surface area (Å²) in [6.07, 6.45) is 17.0. The number of carbonyl (C=O) groups is 1. The van der Waals surface area contributed by atoms with E-state index in [0.717, 1.165) is 86.7 Å². The molecule has 1 N–H and O–H groups in total. The van der Waals surface area contributed by atoms with Gasteiger partial charge in [0.05, 0.1) is 23.3 Å². The van der Waals surface area contributed by atoms with Crippen LogP contribution in [0.2, 0.25) is 0 Å². The number of ether oxygens (including phenoxy) is 3. The molecule has 6 nitrogen and oxygen atoms in total. The third-order valence-corrected chi connectivity index (χ3v) is 9.45. The lowest BCUT2D eigenvalue weighted by atomic mass is 9.83. The van der Waals surface area contributed by atoms with E-state index in [4.69, 9.17) is 14.2 Å². The first kappa shape index (κ1) is 30.3. The Morgan fingerprint density at radius 3 is 2.45 bits per heavy atom. The number of nitrogens with zero attached hydrogens (tertiary/aromatic N) is 1. The average molecular weight is 595 g/mol. The average Bonchev–Trinajstić information content (AvgIpc) is 3.90. The molecule has 2 aliphatic heterocycles. The zero-order valence-corrected chi connectivity index (χ0v) is 25.7. The molecule has 1 spiro atoms. The Kier molecular flexibility index (Phi) is 9.29. The molecule has 2 aromatic rings. The van der Waals surface area contributed by atoms with E-state index in [1.807, 2.05) is 12.1 Å². The van der Waals surface area contributed by atoms with Gasteiger partial charge in [0.25, 0.3) is 0 Å². The Balaban J connectivity index is 1.17. The molecule has 2 aliphatic carbocycles. The number of carboxylic acids is 1. The number of carboxylic acid groups (broad SMARTS) is 1. The van der Waals surface area contributed by atoms with Crippen LogP contribution >= 0.6 is 0 Å². The van der Waals surface area contributed by atoms with Crippen molar-refractivity contribution in [2.24, 2.45) is 5.92 Å². The van der Waals surface area contributed by atoms with E-state index in [2.05, 4.69) is 48.8 Å². The van der Waals surface area contributed by atoms with Gasteiger partial charge in [0, 0.05) is 26.1 Å². The van der Waals surface area contributed by atoms with Gasteiger partial charge in [-0.05, 0) is 97.4 Å². The zero-order chi connectivity index (χ0) is 30.5. The monoisotopic (exact) mass is 594 g/mol. The molecule has 0 atom stereocenters. The van der Waals surface area contributed by atoms with Crippen LogP contribution < -0.4 is 9.47 Å². The molecular formula is C38H44NO5+. The van der Waals surface area contributed by atoms with Crippen molar-refractivity contribution in [3.63, 3.8) is 0 Å². The van der Waals surface area contributed by atoms with E-state index >= 15 is 0 Å². The molecule has 0 amide bonds. The van der Waals surface area contributed by atoms with Gasteiger partial charge >= 0.3 is 5.97 Å². The number of hydrogen-bond donors (Lipinski definition) is 1. The van der Waals surface area contributed by atoms with Crippen LogP contribution in [0.25, 0.3) is 11.1 Å². The number of rotatable bonds is 11. The summed E-state index contributed by atoms with van der Waals surface area (Å²) in [5, 5.41) is 9.29. The van der Waals surface area contributed by atoms with Crippen LogP contribution in [-0.2, 0) is 11.3 Å². The fourth-order valence-corrected chi connectivity index (χ4v) is 6.92. The van der Waals surface area contributed by atoms with Crippen molar-refractivity contribution in [1.29, 1.82) is 0 Å². The highest BCUT2D eigenvalue weighted by molar-refractivity contribution is 5.88. The summed E-state index contributed by atoms with van der Waals surface area (Å²) in [6, 6.07) is 11.6. The summed E-state index contributed by atoms with van der Waals surface area (Å²) in [7, 11) is 0. The van der Waals surface area contributed by atoms with Crippen molar-refractivity contribution in [2.75, 3.05) is 32.9 Å². The summed E-state index contributed by atoms with van der Waals surface area (Å²) >= 11 is 0. The van der Waals surface area contributed by atoms with Crippen molar-refractivity contribution in [2.45, 2.75) is 63.5 Å². The Bertz CT molecular complexity index is 1450. The number of piperidine rings is 1. The van der Waals surface area contributed by atoms with Crippen molar-refractivity contribution in [3.05, 3.63) is 102 Å². The van der Waals surface area contributed by atoms with E-state index in [9.17, 15) is 9.90 Å². The molecule has 1 saturated carbocycles. The molecule has 6 heteroatoms. The lowest BCUT2D eigenvalue weighted by Crippen LogP contribution is -2.45. The molecule has 0 bridgehead atoms. The maximum Gasteiger partial charge on any atom is 0.335 e. The molecule has 0 aromatic heterocycles. The number of likely N-dealkylation sites (tertiary alicyclic amines) is 1. The van der Waals surface area contributed by atoms with Crippen molar-refractivity contribution < 1.29 is 24.1 Å². The van der Waals surface area contributed by atoms with Gasteiger partial charge in [-0.25, -0.2) is 4.79 Å². The molecule has 0 unspecified atom stereocenters. The molecule has 1 saturated heterocycles. The first-order valence-electron chi connectivity index (χ1n) is 16.1. The fourth-order valence-electron chi connectivity index (χ4n) is 6.92. The molecule has 2 aromatic carbocycles. The van der Waals surface area contributed by atoms with Gasteiger partial charge in [-0.1, -0.05) is 48.6 Å². The van der Waals surface area contributed by atoms with Gasteiger partial charge in [-0.3, -0.25) is 4.90 Å². The first-order chi connectivity index (χ1) is 21.5. The third-order valence-electron chi connectivity index (χ3n) is 9.45. The van der Waals surface area contributed by atoms with E-state index in [1.165, 1.54) is 29.6 Å². The van der Waals surface area contributed by atoms with Crippen molar-refractivity contribution in [3.8, 4) is 11.5 Å². The largest absolute Gasteiger partial charge is 0.489 e. The summed E-state index contributed by atoms with van der Waals surface area (Å²) in [5.74, 6) is 1.59. The Hall–Kier alpha value is -3.74. The fraction of sp³-hybridized carbons (Fsp3) is 0.421. The summed E-state index contributed by atoms with van der Waals surface area (Å²) in [4.78, 5) is 13.8. The smallest absolute Gasteiger partial charge is 0.335 e. The molecule has 2 fully saturated rings. The molecule has 0 radical (unpaired) electrons. The van der Waals surface area contributed by atoms with E-state index in [0.29, 0.717) is 25.4 Å². The molecule has 44 heavy (non-hydrogen) atoms. The van der Waals surface area contributed by atoms with Gasteiger partial charge in [-0.15, -0.1) is 0 Å². The minimum Gasteiger partial charge on any atom is -0.489 e. The second-order valence-corrected chi connectivity index (χ2v) is 12.5. The van der Waals surface area contributed by atoms with E-state index in [-0.39, 0.29) is 5.60 Å². The van der Waals surface area contributed by atoms with Crippen LogP contribution in [0.3, 0.4) is 0 Å². The van der Waals surface area contributed by atoms with Crippen molar-refractivity contribution >= 4 is 17.1 Å². The lowest BCUT2D eigenvalue weighted by Gasteiger charge is -2.41. The van der Waals surface area contributed by atoms with Crippen LogP contribution in [0.15, 0.2) is 72.9 Å². The van der Waals surface area contributed by atoms with Gasteiger partial charge in [0.1, 0.15) is 25.0 Å².